The zero-order valence-electron chi connectivity index (χ0n) is 21.3. The van der Waals surface area contributed by atoms with Crippen LogP contribution in [0.1, 0.15) is 27.8 Å². The number of hydrogen-bond donors (Lipinski definition) is 1. The number of carbonyl (C=O) groups excluding carboxylic acids is 2. The molecule has 0 bridgehead atoms. The zero-order chi connectivity index (χ0) is 28.1. The van der Waals surface area contributed by atoms with Crippen LogP contribution in [0.15, 0.2) is 82.6 Å². The van der Waals surface area contributed by atoms with Crippen molar-refractivity contribution >= 4 is 23.2 Å². The third-order valence-electron chi connectivity index (χ3n) is 6.03. The molecule has 0 saturated carbocycles. The summed E-state index contributed by atoms with van der Waals surface area (Å²) in [5, 5.41) is 16.9. The van der Waals surface area contributed by atoms with Crippen LogP contribution < -0.4 is 5.32 Å². The van der Waals surface area contributed by atoms with Crippen LogP contribution in [0.4, 0.5) is 8.78 Å². The van der Waals surface area contributed by atoms with Crippen molar-refractivity contribution in [1.82, 2.24) is 30.4 Å². The van der Waals surface area contributed by atoms with Gasteiger partial charge in [-0.2, -0.15) is 4.80 Å². The van der Waals surface area contributed by atoms with Gasteiger partial charge in [-0.15, -0.1) is 21.5 Å². The number of aryl methyl sites for hydroxylation is 1. The fourth-order valence-electron chi connectivity index (χ4n) is 4.04. The first-order valence-corrected chi connectivity index (χ1v) is 13.2. The van der Waals surface area contributed by atoms with E-state index < -0.39 is 23.7 Å². The Bertz CT molecular complexity index is 1580. The Morgan fingerprint density at radius 3 is 2.33 bits per heavy atom. The van der Waals surface area contributed by atoms with Gasteiger partial charge in [-0.3, -0.25) is 9.59 Å². The molecule has 204 valence electrons. The number of aromatic nitrogens is 4. The summed E-state index contributed by atoms with van der Waals surface area (Å²) in [7, 11) is 0. The maximum absolute atomic E-state index is 13.8. The number of thiophene rings is 1. The summed E-state index contributed by atoms with van der Waals surface area (Å²) < 4.78 is 32.5. The van der Waals surface area contributed by atoms with Gasteiger partial charge in [0.2, 0.25) is 17.6 Å². The minimum atomic E-state index is -1.01. The molecule has 5 aromatic rings. The number of furan rings is 1. The Kier molecular flexibility index (Phi) is 8.06. The molecule has 0 aliphatic carbocycles. The summed E-state index contributed by atoms with van der Waals surface area (Å²) in [4.78, 5) is 30.6. The van der Waals surface area contributed by atoms with E-state index in [2.05, 4.69) is 20.7 Å². The van der Waals surface area contributed by atoms with Crippen molar-refractivity contribution in [2.24, 2.45) is 0 Å². The van der Waals surface area contributed by atoms with Crippen LogP contribution >= 0.6 is 11.3 Å². The number of nitrogens with one attached hydrogen (secondary N) is 1. The first-order chi connectivity index (χ1) is 19.4. The highest BCUT2D eigenvalue weighted by Crippen LogP contribution is 2.28. The summed E-state index contributed by atoms with van der Waals surface area (Å²) in [6.45, 7) is 1.64. The van der Waals surface area contributed by atoms with Crippen molar-refractivity contribution < 1.29 is 22.8 Å². The Balaban J connectivity index is 1.42. The van der Waals surface area contributed by atoms with Crippen LogP contribution in [-0.2, 0) is 29.2 Å². The lowest BCUT2D eigenvalue weighted by molar-refractivity contribution is -0.142. The first kappa shape index (κ1) is 26.9. The number of tetrazole rings is 1. The highest BCUT2D eigenvalue weighted by atomic mass is 32.1. The molecule has 2 amide bonds. The fraction of sp³-hybridized carbons (Fsp3) is 0.179. The lowest BCUT2D eigenvalue weighted by Crippen LogP contribution is -2.44. The van der Waals surface area contributed by atoms with Gasteiger partial charge < -0.3 is 14.6 Å². The van der Waals surface area contributed by atoms with E-state index in [0.29, 0.717) is 27.5 Å². The quantitative estimate of drug-likeness (QED) is 0.265. The fourth-order valence-corrected chi connectivity index (χ4v) is 4.88. The third-order valence-corrected chi connectivity index (χ3v) is 6.95. The van der Waals surface area contributed by atoms with E-state index in [1.165, 1.54) is 40.5 Å². The molecule has 1 atom stereocenters. The number of amides is 2. The highest BCUT2D eigenvalue weighted by molar-refractivity contribution is 7.10. The van der Waals surface area contributed by atoms with Gasteiger partial charge in [0.25, 0.3) is 0 Å². The number of halogens is 2. The van der Waals surface area contributed by atoms with Crippen molar-refractivity contribution in [1.29, 1.82) is 0 Å². The summed E-state index contributed by atoms with van der Waals surface area (Å²) in [6, 6.07) is 17.5. The van der Waals surface area contributed by atoms with Gasteiger partial charge in [0.1, 0.15) is 30.0 Å². The van der Waals surface area contributed by atoms with Crippen LogP contribution in [-0.4, -0.2) is 36.9 Å². The second kappa shape index (κ2) is 12.0. The lowest BCUT2D eigenvalue weighted by Gasteiger charge is -2.30. The maximum atomic E-state index is 13.8. The number of nitrogens with zero attached hydrogens (tertiary/aromatic N) is 5. The van der Waals surface area contributed by atoms with E-state index in [-0.39, 0.29) is 31.3 Å². The maximum Gasteiger partial charge on any atom is 0.248 e. The van der Waals surface area contributed by atoms with Gasteiger partial charge in [0.15, 0.2) is 5.76 Å². The molecule has 0 saturated heterocycles. The topological polar surface area (TPSA) is 106 Å². The molecule has 3 heterocycles. The molecular weight excluding hydrogens is 538 g/mol. The van der Waals surface area contributed by atoms with E-state index in [4.69, 9.17) is 4.42 Å². The number of rotatable bonds is 10. The lowest BCUT2D eigenvalue weighted by atomic mass is 10.1. The molecule has 12 heteroatoms. The molecule has 3 aromatic heterocycles. The van der Waals surface area contributed by atoms with Gasteiger partial charge in [-0.25, -0.2) is 8.78 Å². The molecule has 0 spiro atoms. The number of benzene rings is 2. The average molecular weight is 563 g/mol. The summed E-state index contributed by atoms with van der Waals surface area (Å²) in [6.07, 6.45) is 0. The minimum absolute atomic E-state index is 0.0184. The van der Waals surface area contributed by atoms with E-state index in [1.807, 2.05) is 5.38 Å². The average Bonchev–Trinajstić information content (AvgIpc) is 3.72. The van der Waals surface area contributed by atoms with Gasteiger partial charge in [-0.05, 0) is 71.1 Å². The standard InChI is InChI=1S/C28H24F2N6O3S/c1-18-4-13-23(39-18)27-32-34-36(33-27)17-25(37)35(16-20-7-11-22(30)12-8-20)26(24-3-2-14-40-24)28(38)31-15-19-5-9-21(29)10-6-19/h2-14,26H,15-17H2,1H3,(H,31,38). The Hall–Kier alpha value is -4.71. The normalized spacial score (nSPS) is 11.8. The molecule has 1 N–H and O–H groups in total. The predicted molar refractivity (Wildman–Crippen MR) is 143 cm³/mol. The van der Waals surface area contributed by atoms with Gasteiger partial charge in [0.05, 0.1) is 0 Å². The van der Waals surface area contributed by atoms with E-state index >= 15 is 0 Å². The molecule has 2 aromatic carbocycles. The monoisotopic (exact) mass is 562 g/mol. The Labute approximate surface area is 232 Å². The van der Waals surface area contributed by atoms with Crippen LogP contribution in [0.2, 0.25) is 0 Å². The van der Waals surface area contributed by atoms with Crippen LogP contribution in [0.25, 0.3) is 11.6 Å². The van der Waals surface area contributed by atoms with Crippen LogP contribution in [0, 0.1) is 18.6 Å². The molecule has 0 fully saturated rings. The van der Waals surface area contributed by atoms with E-state index in [9.17, 15) is 18.4 Å². The molecule has 9 nitrogen and oxygen atoms in total. The van der Waals surface area contributed by atoms with Crippen molar-refractivity contribution in [3.05, 3.63) is 112 Å². The smallest absolute Gasteiger partial charge is 0.248 e. The van der Waals surface area contributed by atoms with Crippen molar-refractivity contribution in [3.8, 4) is 11.6 Å². The number of carbonyl (C=O) groups is 2. The minimum Gasteiger partial charge on any atom is -0.458 e. The Morgan fingerprint density at radius 1 is 1.00 bits per heavy atom. The highest BCUT2D eigenvalue weighted by Gasteiger charge is 2.33. The molecule has 40 heavy (non-hydrogen) atoms. The summed E-state index contributed by atoms with van der Waals surface area (Å²) in [5.74, 6) is -0.373. The van der Waals surface area contributed by atoms with Gasteiger partial charge in [-0.1, -0.05) is 30.3 Å². The van der Waals surface area contributed by atoms with Crippen LogP contribution in [0.3, 0.4) is 0 Å². The first-order valence-electron chi connectivity index (χ1n) is 12.3. The molecule has 5 rings (SSSR count). The summed E-state index contributed by atoms with van der Waals surface area (Å²) in [5.41, 5.74) is 1.32. The largest absolute Gasteiger partial charge is 0.458 e. The van der Waals surface area contributed by atoms with E-state index in [0.717, 1.165) is 4.80 Å². The van der Waals surface area contributed by atoms with Gasteiger partial charge >= 0.3 is 0 Å². The second-order valence-corrected chi connectivity index (χ2v) is 9.94. The zero-order valence-corrected chi connectivity index (χ0v) is 22.1. The molecular formula is C28H24F2N6O3S. The Morgan fingerprint density at radius 2 is 1.70 bits per heavy atom. The van der Waals surface area contributed by atoms with Crippen molar-refractivity contribution in [2.45, 2.75) is 32.6 Å². The molecule has 0 radical (unpaired) electrons. The molecule has 0 aliphatic heterocycles. The summed E-state index contributed by atoms with van der Waals surface area (Å²) >= 11 is 1.32. The molecule has 0 aliphatic rings. The second-order valence-electron chi connectivity index (χ2n) is 8.96. The van der Waals surface area contributed by atoms with Crippen molar-refractivity contribution in [3.63, 3.8) is 0 Å². The predicted octanol–water partition coefficient (Wildman–Crippen LogP) is 4.67. The van der Waals surface area contributed by atoms with Crippen molar-refractivity contribution in [2.75, 3.05) is 0 Å². The van der Waals surface area contributed by atoms with E-state index in [1.54, 1.807) is 55.5 Å². The number of hydrogen-bond acceptors (Lipinski definition) is 7. The molecule has 1 unspecified atom stereocenters. The third kappa shape index (κ3) is 6.46. The van der Waals surface area contributed by atoms with Crippen LogP contribution in [0.5, 0.6) is 0 Å². The van der Waals surface area contributed by atoms with Gasteiger partial charge in [0, 0.05) is 18.0 Å². The SMILES string of the molecule is Cc1ccc(-c2nnn(CC(=O)N(Cc3ccc(F)cc3)C(C(=O)NCc3ccc(F)cc3)c3cccs3)n2)o1.